The van der Waals surface area contributed by atoms with Crippen molar-refractivity contribution < 1.29 is 30.5 Å². The molecule has 1 aliphatic heterocycles. The minimum Gasteiger partial charge on any atom is -0.376 e. The molecule has 0 fully saturated rings. The first-order chi connectivity index (χ1) is 11.7. The van der Waals surface area contributed by atoms with Gasteiger partial charge in [0.2, 0.25) is 0 Å². The maximum atomic E-state index is 12.5. The van der Waals surface area contributed by atoms with Crippen LogP contribution in [0.15, 0.2) is 30.7 Å². The number of ether oxygens (including phenoxy) is 1. The standard InChI is InChI=1S/C15H13F3N2O4S/c16-15(17,18)25(21,22)24-12-1-2-13-10(5-12)3-4-14(13)8-23-7-11-6-19-9-20(11)14/h1-2,5-6,9H,3-4,7-8H2. The fourth-order valence-corrected chi connectivity index (χ4v) is 3.99. The maximum Gasteiger partial charge on any atom is 0.534 e. The molecule has 1 spiro atoms. The highest BCUT2D eigenvalue weighted by molar-refractivity contribution is 7.88. The Morgan fingerprint density at radius 2 is 2.12 bits per heavy atom. The third kappa shape index (κ3) is 2.43. The molecule has 1 aromatic carbocycles. The van der Waals surface area contributed by atoms with E-state index in [9.17, 15) is 21.6 Å². The van der Waals surface area contributed by atoms with Crippen LogP contribution >= 0.6 is 0 Å². The van der Waals surface area contributed by atoms with Gasteiger partial charge in [-0.05, 0) is 36.1 Å². The van der Waals surface area contributed by atoms with E-state index in [1.54, 1.807) is 18.6 Å². The zero-order valence-corrected chi connectivity index (χ0v) is 13.6. The van der Waals surface area contributed by atoms with Crippen LogP contribution in [0.1, 0.15) is 23.2 Å². The molecule has 1 aliphatic carbocycles. The normalized spacial score (nSPS) is 22.7. The van der Waals surface area contributed by atoms with E-state index in [2.05, 4.69) is 9.17 Å². The number of halogens is 3. The topological polar surface area (TPSA) is 70.4 Å². The first kappa shape index (κ1) is 16.4. The molecule has 6 nitrogen and oxygen atoms in total. The van der Waals surface area contributed by atoms with E-state index < -0.39 is 21.2 Å². The fraction of sp³-hybridized carbons (Fsp3) is 0.400. The number of benzene rings is 1. The molecule has 25 heavy (non-hydrogen) atoms. The molecule has 1 unspecified atom stereocenters. The molecule has 0 saturated heterocycles. The summed E-state index contributed by atoms with van der Waals surface area (Å²) in [5, 5.41) is 0. The highest BCUT2D eigenvalue weighted by Gasteiger charge is 2.49. The largest absolute Gasteiger partial charge is 0.534 e. The molecular weight excluding hydrogens is 361 g/mol. The number of imidazole rings is 1. The van der Waals surface area contributed by atoms with Gasteiger partial charge in [-0.1, -0.05) is 6.07 Å². The Morgan fingerprint density at radius 3 is 2.88 bits per heavy atom. The van der Waals surface area contributed by atoms with Gasteiger partial charge in [0.25, 0.3) is 0 Å². The van der Waals surface area contributed by atoms with Gasteiger partial charge in [0.05, 0.1) is 37.0 Å². The van der Waals surface area contributed by atoms with Crippen molar-refractivity contribution in [3.8, 4) is 5.75 Å². The van der Waals surface area contributed by atoms with E-state index in [4.69, 9.17) is 4.74 Å². The summed E-state index contributed by atoms with van der Waals surface area (Å²) in [6.45, 7) is 0.868. The van der Waals surface area contributed by atoms with E-state index >= 15 is 0 Å². The predicted octanol–water partition coefficient (Wildman–Crippen LogP) is 2.33. The van der Waals surface area contributed by atoms with Crippen LogP contribution in [0.2, 0.25) is 0 Å². The summed E-state index contributed by atoms with van der Waals surface area (Å²) in [7, 11) is -5.68. The van der Waals surface area contributed by atoms with Crippen molar-refractivity contribution in [3.05, 3.63) is 47.5 Å². The minimum absolute atomic E-state index is 0.351. The second-order valence-electron chi connectivity index (χ2n) is 6.08. The van der Waals surface area contributed by atoms with Crippen LogP contribution in [0.25, 0.3) is 0 Å². The summed E-state index contributed by atoms with van der Waals surface area (Å²) >= 11 is 0. The Labute approximate surface area is 141 Å². The monoisotopic (exact) mass is 374 g/mol. The molecule has 1 aromatic heterocycles. The molecule has 2 aromatic rings. The second kappa shape index (κ2) is 5.21. The summed E-state index contributed by atoms with van der Waals surface area (Å²) in [5.74, 6) is -0.351. The average Bonchev–Trinajstić information content (AvgIpc) is 3.13. The number of aryl methyl sites for hydroxylation is 1. The highest BCUT2D eigenvalue weighted by Crippen LogP contribution is 2.44. The van der Waals surface area contributed by atoms with Gasteiger partial charge in [0.15, 0.2) is 0 Å². The van der Waals surface area contributed by atoms with E-state index in [0.717, 1.165) is 16.8 Å². The zero-order chi connectivity index (χ0) is 17.9. The number of alkyl halides is 3. The summed E-state index contributed by atoms with van der Waals surface area (Å²) in [5.41, 5.74) is -3.40. The first-order valence-electron chi connectivity index (χ1n) is 7.47. The van der Waals surface area contributed by atoms with Crippen molar-refractivity contribution in [3.63, 3.8) is 0 Å². The molecular formula is C15H13F3N2O4S. The number of hydrogen-bond donors (Lipinski definition) is 0. The first-order valence-corrected chi connectivity index (χ1v) is 8.87. The third-order valence-corrected chi connectivity index (χ3v) is 5.62. The highest BCUT2D eigenvalue weighted by atomic mass is 32.2. The molecule has 0 N–H and O–H groups in total. The summed E-state index contributed by atoms with van der Waals surface area (Å²) in [6, 6.07) is 4.18. The SMILES string of the molecule is O=S(=O)(Oc1ccc2c(c1)CCC21COCc2cncn21)C(F)(F)F. The van der Waals surface area contributed by atoms with Crippen LogP contribution in [0.5, 0.6) is 5.75 Å². The quantitative estimate of drug-likeness (QED) is 0.596. The van der Waals surface area contributed by atoms with E-state index in [0.29, 0.717) is 26.1 Å². The van der Waals surface area contributed by atoms with Crippen molar-refractivity contribution in [2.24, 2.45) is 0 Å². The fourth-order valence-electron chi connectivity index (χ4n) is 3.54. The zero-order valence-electron chi connectivity index (χ0n) is 12.8. The number of hydrogen-bond acceptors (Lipinski definition) is 5. The molecule has 0 saturated carbocycles. The molecule has 4 rings (SSSR count). The molecule has 134 valence electrons. The van der Waals surface area contributed by atoms with Gasteiger partial charge in [-0.25, -0.2) is 4.98 Å². The Balaban J connectivity index is 1.72. The van der Waals surface area contributed by atoms with Crippen LogP contribution in [0, 0.1) is 0 Å². The smallest absolute Gasteiger partial charge is 0.376 e. The van der Waals surface area contributed by atoms with Gasteiger partial charge in [-0.2, -0.15) is 21.6 Å². The lowest BCUT2D eigenvalue weighted by Gasteiger charge is -2.37. The average molecular weight is 374 g/mol. The molecule has 0 amide bonds. The second-order valence-corrected chi connectivity index (χ2v) is 7.62. The van der Waals surface area contributed by atoms with Crippen LogP contribution in [-0.2, 0) is 33.4 Å². The van der Waals surface area contributed by atoms with Crippen molar-refractivity contribution in [1.29, 1.82) is 0 Å². The van der Waals surface area contributed by atoms with Crippen molar-refractivity contribution >= 4 is 10.1 Å². The number of fused-ring (bicyclic) bond motifs is 4. The van der Waals surface area contributed by atoms with Crippen molar-refractivity contribution in [1.82, 2.24) is 9.55 Å². The Bertz CT molecular complexity index is 938. The Kier molecular flexibility index (Phi) is 3.42. The van der Waals surface area contributed by atoms with Crippen LogP contribution in [0.3, 0.4) is 0 Å². The van der Waals surface area contributed by atoms with Crippen molar-refractivity contribution in [2.45, 2.75) is 30.5 Å². The summed E-state index contributed by atoms with van der Waals surface area (Å²) in [4.78, 5) is 4.14. The maximum absolute atomic E-state index is 12.5. The minimum atomic E-state index is -5.68. The predicted molar refractivity (Wildman–Crippen MR) is 79.3 cm³/mol. The van der Waals surface area contributed by atoms with Crippen LogP contribution in [0.4, 0.5) is 13.2 Å². The lowest BCUT2D eigenvalue weighted by atomic mass is 9.91. The van der Waals surface area contributed by atoms with E-state index in [1.807, 2.05) is 4.57 Å². The summed E-state index contributed by atoms with van der Waals surface area (Å²) < 4.78 is 71.6. The molecule has 0 bridgehead atoms. The number of nitrogens with zero attached hydrogens (tertiary/aromatic N) is 2. The number of rotatable bonds is 2. The molecule has 10 heteroatoms. The molecule has 1 atom stereocenters. The van der Waals surface area contributed by atoms with Gasteiger partial charge in [-0.3, -0.25) is 0 Å². The third-order valence-electron chi connectivity index (χ3n) is 4.64. The van der Waals surface area contributed by atoms with Gasteiger partial charge in [0, 0.05) is 0 Å². The lowest BCUT2D eigenvalue weighted by Crippen LogP contribution is -2.41. The summed E-state index contributed by atoms with van der Waals surface area (Å²) in [6.07, 6.45) is 4.68. The molecule has 2 heterocycles. The van der Waals surface area contributed by atoms with Crippen LogP contribution < -0.4 is 4.18 Å². The molecule has 0 radical (unpaired) electrons. The molecule has 2 aliphatic rings. The van der Waals surface area contributed by atoms with Gasteiger partial charge >= 0.3 is 15.6 Å². The number of aromatic nitrogens is 2. The van der Waals surface area contributed by atoms with E-state index in [-0.39, 0.29) is 5.75 Å². The van der Waals surface area contributed by atoms with Gasteiger partial charge in [-0.15, -0.1) is 0 Å². The lowest BCUT2D eigenvalue weighted by molar-refractivity contribution is -0.0500. The van der Waals surface area contributed by atoms with E-state index in [1.165, 1.54) is 12.1 Å². The van der Waals surface area contributed by atoms with Gasteiger partial charge in [0.1, 0.15) is 5.75 Å². The Hall–Kier alpha value is -2.07. The van der Waals surface area contributed by atoms with Crippen LogP contribution in [-0.4, -0.2) is 30.1 Å². The Morgan fingerprint density at radius 1 is 1.32 bits per heavy atom. The van der Waals surface area contributed by atoms with Gasteiger partial charge < -0.3 is 13.5 Å². The van der Waals surface area contributed by atoms with Crippen molar-refractivity contribution in [2.75, 3.05) is 6.61 Å².